The Hall–Kier alpha value is -0.570. The van der Waals surface area contributed by atoms with E-state index in [0.717, 1.165) is 6.92 Å². The van der Waals surface area contributed by atoms with Crippen LogP contribution in [-0.2, 0) is 4.74 Å². The number of hydrogen-bond acceptors (Lipinski definition) is 2. The number of halogens is 7. The van der Waals surface area contributed by atoms with Crippen molar-refractivity contribution < 1.29 is 40.6 Å². The Bertz CT molecular complexity index is 212. The molecule has 0 unspecified atom stereocenters. The Morgan fingerprint density at radius 3 is 1.73 bits per heavy atom. The van der Waals surface area contributed by atoms with Gasteiger partial charge in [0.15, 0.2) is 0 Å². The van der Waals surface area contributed by atoms with Crippen molar-refractivity contribution in [3.05, 3.63) is 0 Å². The topological polar surface area (TPSA) is 29.5 Å². The lowest BCUT2D eigenvalue weighted by molar-refractivity contribution is -0.395. The second-order valence-electron chi connectivity index (χ2n) is 2.50. The first-order valence-corrected chi connectivity index (χ1v) is 3.60. The molecule has 0 aromatic rings. The van der Waals surface area contributed by atoms with Crippen molar-refractivity contribution in [3.63, 3.8) is 0 Å². The number of alkyl halides is 7. The fourth-order valence-electron chi connectivity index (χ4n) is 0.607. The van der Waals surface area contributed by atoms with Crippen LogP contribution in [0.1, 0.15) is 6.92 Å². The van der Waals surface area contributed by atoms with Gasteiger partial charge in [-0.1, -0.05) is 0 Å². The second-order valence-corrected chi connectivity index (χ2v) is 2.50. The molecule has 0 aromatic carbocycles. The maximum atomic E-state index is 12.4. The molecule has 0 aliphatic rings. The molecule has 0 aliphatic carbocycles. The molecule has 9 heteroatoms. The molecule has 0 spiro atoms. The van der Waals surface area contributed by atoms with E-state index in [9.17, 15) is 30.7 Å². The zero-order chi connectivity index (χ0) is 12.5. The predicted octanol–water partition coefficient (Wildman–Crippen LogP) is 2.17. The largest absolute Gasteiger partial charge is 0.460 e. The Balaban J connectivity index is 5.00. The van der Waals surface area contributed by atoms with Gasteiger partial charge >= 0.3 is 18.0 Å². The third-order valence-corrected chi connectivity index (χ3v) is 1.41. The van der Waals surface area contributed by atoms with Gasteiger partial charge in [-0.15, -0.1) is 0 Å². The van der Waals surface area contributed by atoms with Gasteiger partial charge in [-0.25, -0.2) is 0 Å². The summed E-state index contributed by atoms with van der Waals surface area (Å²) in [5.41, 5.74) is 0. The Morgan fingerprint density at radius 1 is 1.07 bits per heavy atom. The van der Waals surface area contributed by atoms with E-state index in [-0.39, 0.29) is 0 Å². The standard InChI is InChI=1S/C6H7F7O2/c1-2-15-3(14)4(7,8)5(9,10)6(11,12)13/h3,14H,2H2,1H3/t3-/m0/s1. The van der Waals surface area contributed by atoms with Gasteiger partial charge in [-0.05, 0) is 6.92 Å². The number of rotatable bonds is 4. The van der Waals surface area contributed by atoms with Crippen molar-refractivity contribution >= 4 is 0 Å². The lowest BCUT2D eigenvalue weighted by atomic mass is 10.1. The molecule has 15 heavy (non-hydrogen) atoms. The van der Waals surface area contributed by atoms with Crippen molar-refractivity contribution in [2.45, 2.75) is 31.2 Å². The summed E-state index contributed by atoms with van der Waals surface area (Å²) in [5.74, 6) is -12.1. The van der Waals surface area contributed by atoms with Crippen LogP contribution in [0.25, 0.3) is 0 Å². The van der Waals surface area contributed by atoms with Gasteiger partial charge in [-0.2, -0.15) is 30.7 Å². The summed E-state index contributed by atoms with van der Waals surface area (Å²) in [7, 11) is 0. The summed E-state index contributed by atoms with van der Waals surface area (Å²) in [6.07, 6.45) is -9.98. The molecule has 2 nitrogen and oxygen atoms in total. The van der Waals surface area contributed by atoms with Crippen LogP contribution in [0, 0.1) is 0 Å². The molecule has 0 heterocycles. The summed E-state index contributed by atoms with van der Waals surface area (Å²) >= 11 is 0. The van der Waals surface area contributed by atoms with Crippen molar-refractivity contribution in [2.24, 2.45) is 0 Å². The zero-order valence-corrected chi connectivity index (χ0v) is 7.29. The molecule has 0 aliphatic heterocycles. The fraction of sp³-hybridized carbons (Fsp3) is 1.00. The van der Waals surface area contributed by atoms with Crippen LogP contribution in [0.5, 0.6) is 0 Å². The van der Waals surface area contributed by atoms with Crippen LogP contribution in [0.15, 0.2) is 0 Å². The molecule has 0 fully saturated rings. The van der Waals surface area contributed by atoms with Crippen LogP contribution in [0.3, 0.4) is 0 Å². The smallest absolute Gasteiger partial charge is 0.363 e. The highest BCUT2D eigenvalue weighted by Crippen LogP contribution is 2.48. The van der Waals surface area contributed by atoms with E-state index in [2.05, 4.69) is 4.74 Å². The summed E-state index contributed by atoms with van der Waals surface area (Å²) in [6.45, 7) is 0.412. The van der Waals surface area contributed by atoms with E-state index in [0.29, 0.717) is 0 Å². The molecule has 1 atom stereocenters. The summed E-state index contributed by atoms with van der Waals surface area (Å²) in [5, 5.41) is 8.32. The van der Waals surface area contributed by atoms with Gasteiger partial charge in [-0.3, -0.25) is 0 Å². The molecular formula is C6H7F7O2. The SMILES string of the molecule is CCO[C@H](O)C(F)(F)C(F)(F)C(F)(F)F. The summed E-state index contributed by atoms with van der Waals surface area (Å²) in [4.78, 5) is 0. The maximum absolute atomic E-state index is 12.4. The highest BCUT2D eigenvalue weighted by molar-refractivity contribution is 4.92. The quantitative estimate of drug-likeness (QED) is 0.606. The maximum Gasteiger partial charge on any atom is 0.460 e. The van der Waals surface area contributed by atoms with Crippen molar-refractivity contribution in [1.29, 1.82) is 0 Å². The molecule has 92 valence electrons. The number of hydrogen-bond donors (Lipinski definition) is 1. The Labute approximate surface area is 79.6 Å². The summed E-state index contributed by atoms with van der Waals surface area (Å²) < 4.78 is 87.4. The average molecular weight is 244 g/mol. The minimum absolute atomic E-state index is 0.634. The third-order valence-electron chi connectivity index (χ3n) is 1.41. The Morgan fingerprint density at radius 2 is 1.47 bits per heavy atom. The Kier molecular flexibility index (Phi) is 3.97. The van der Waals surface area contributed by atoms with E-state index >= 15 is 0 Å². The van der Waals surface area contributed by atoms with Gasteiger partial charge in [0.1, 0.15) is 0 Å². The van der Waals surface area contributed by atoms with Crippen LogP contribution < -0.4 is 0 Å². The highest BCUT2D eigenvalue weighted by Gasteiger charge is 2.76. The molecule has 0 amide bonds. The molecule has 0 bridgehead atoms. The summed E-state index contributed by atoms with van der Waals surface area (Å²) in [6, 6.07) is 0. The molecule has 0 saturated heterocycles. The molecule has 0 radical (unpaired) electrons. The normalized spacial score (nSPS) is 16.6. The molecular weight excluding hydrogens is 237 g/mol. The van der Waals surface area contributed by atoms with Crippen molar-refractivity contribution in [3.8, 4) is 0 Å². The lowest BCUT2D eigenvalue weighted by Crippen LogP contribution is -2.58. The number of ether oxygens (including phenoxy) is 1. The van der Waals surface area contributed by atoms with Crippen molar-refractivity contribution in [2.75, 3.05) is 6.61 Å². The first kappa shape index (κ1) is 14.4. The van der Waals surface area contributed by atoms with Gasteiger partial charge in [0.25, 0.3) is 0 Å². The van der Waals surface area contributed by atoms with Crippen LogP contribution in [-0.4, -0.2) is 36.0 Å². The molecule has 0 saturated carbocycles. The first-order chi connectivity index (χ1) is 6.48. The van der Waals surface area contributed by atoms with E-state index in [1.807, 2.05) is 0 Å². The molecule has 0 aromatic heterocycles. The molecule has 1 N–H and O–H groups in total. The minimum Gasteiger partial charge on any atom is -0.363 e. The van der Waals surface area contributed by atoms with Gasteiger partial charge in [0.05, 0.1) is 0 Å². The number of aliphatic hydroxyl groups excluding tert-OH is 1. The monoisotopic (exact) mass is 244 g/mol. The molecule has 0 rings (SSSR count). The van der Waals surface area contributed by atoms with E-state index in [1.54, 1.807) is 0 Å². The van der Waals surface area contributed by atoms with Gasteiger partial charge in [0.2, 0.25) is 6.29 Å². The van der Waals surface area contributed by atoms with Crippen molar-refractivity contribution in [1.82, 2.24) is 0 Å². The van der Waals surface area contributed by atoms with Gasteiger partial charge < -0.3 is 9.84 Å². The minimum atomic E-state index is -6.46. The van der Waals surface area contributed by atoms with E-state index in [1.165, 1.54) is 0 Å². The zero-order valence-electron chi connectivity index (χ0n) is 7.29. The average Bonchev–Trinajstić information content (AvgIpc) is 2.02. The van der Waals surface area contributed by atoms with Crippen LogP contribution in [0.2, 0.25) is 0 Å². The van der Waals surface area contributed by atoms with E-state index < -0.39 is 30.9 Å². The van der Waals surface area contributed by atoms with Gasteiger partial charge in [0, 0.05) is 6.61 Å². The lowest BCUT2D eigenvalue weighted by Gasteiger charge is -2.30. The predicted molar refractivity (Wildman–Crippen MR) is 33.6 cm³/mol. The fourth-order valence-corrected chi connectivity index (χ4v) is 0.607. The van der Waals surface area contributed by atoms with E-state index in [4.69, 9.17) is 5.11 Å². The van der Waals surface area contributed by atoms with Crippen LogP contribution >= 0.6 is 0 Å². The van der Waals surface area contributed by atoms with Crippen LogP contribution in [0.4, 0.5) is 30.7 Å². The highest BCUT2D eigenvalue weighted by atomic mass is 19.4. The first-order valence-electron chi connectivity index (χ1n) is 3.60. The number of aliphatic hydroxyl groups is 1. The second kappa shape index (κ2) is 4.12. The third kappa shape index (κ3) is 2.51.